The number of hydrogen-bond acceptors (Lipinski definition) is 3. The van der Waals surface area contributed by atoms with Gasteiger partial charge in [0.2, 0.25) is 0 Å². The van der Waals surface area contributed by atoms with Crippen molar-refractivity contribution in [2.24, 2.45) is 0 Å². The summed E-state index contributed by atoms with van der Waals surface area (Å²) in [5.74, 6) is 0. The van der Waals surface area contributed by atoms with E-state index < -0.39 is 0 Å². The van der Waals surface area contributed by atoms with Crippen LogP contribution in [0.5, 0.6) is 0 Å². The van der Waals surface area contributed by atoms with Gasteiger partial charge in [0.15, 0.2) is 0 Å². The number of aliphatic hydroxyl groups is 1. The van der Waals surface area contributed by atoms with Gasteiger partial charge in [-0.25, -0.2) is 4.79 Å². The van der Waals surface area contributed by atoms with Gasteiger partial charge in [0.25, 0.3) is 0 Å². The second-order valence-electron chi connectivity index (χ2n) is 4.30. The van der Waals surface area contributed by atoms with Crippen LogP contribution in [0.1, 0.15) is 5.56 Å². The van der Waals surface area contributed by atoms with Crippen molar-refractivity contribution < 1.29 is 9.52 Å². The second-order valence-corrected chi connectivity index (χ2v) is 4.30. The van der Waals surface area contributed by atoms with Crippen LogP contribution in [0, 0.1) is 0 Å². The van der Waals surface area contributed by atoms with Crippen molar-refractivity contribution in [1.82, 2.24) is 0 Å². The minimum Gasteiger partial charge on any atom is -0.422 e. The largest absolute Gasteiger partial charge is 0.422 e. The summed E-state index contributed by atoms with van der Waals surface area (Å²) in [7, 11) is 0. The summed E-state index contributed by atoms with van der Waals surface area (Å²) in [6, 6.07) is 16.4. The number of benzene rings is 2. The van der Waals surface area contributed by atoms with Crippen LogP contribution in [0.4, 0.5) is 0 Å². The molecule has 19 heavy (non-hydrogen) atoms. The Morgan fingerprint density at radius 2 is 1.68 bits per heavy atom. The molecule has 0 bridgehead atoms. The molecule has 0 atom stereocenters. The Morgan fingerprint density at radius 3 is 2.53 bits per heavy atom. The third-order valence-electron chi connectivity index (χ3n) is 3.12. The van der Waals surface area contributed by atoms with Gasteiger partial charge in [-0.2, -0.15) is 0 Å². The van der Waals surface area contributed by atoms with Gasteiger partial charge in [-0.05, 0) is 23.3 Å². The van der Waals surface area contributed by atoms with E-state index in [1.807, 2.05) is 36.4 Å². The lowest BCUT2D eigenvalue weighted by atomic mass is 10.0. The molecule has 0 aliphatic heterocycles. The monoisotopic (exact) mass is 252 g/mol. The summed E-state index contributed by atoms with van der Waals surface area (Å²) in [6.45, 7) is -0.109. The number of aliphatic hydroxyl groups excluding tert-OH is 1. The molecule has 0 spiro atoms. The van der Waals surface area contributed by atoms with Crippen LogP contribution in [-0.2, 0) is 6.61 Å². The van der Waals surface area contributed by atoms with Gasteiger partial charge in [0, 0.05) is 5.39 Å². The van der Waals surface area contributed by atoms with Gasteiger partial charge in [0.05, 0.1) is 12.2 Å². The Labute approximate surface area is 109 Å². The van der Waals surface area contributed by atoms with Crippen molar-refractivity contribution in [2.45, 2.75) is 6.61 Å². The molecule has 3 nitrogen and oxygen atoms in total. The molecule has 0 fully saturated rings. The van der Waals surface area contributed by atoms with Gasteiger partial charge < -0.3 is 9.52 Å². The maximum Gasteiger partial charge on any atom is 0.344 e. The lowest BCUT2D eigenvalue weighted by Gasteiger charge is -2.06. The smallest absolute Gasteiger partial charge is 0.344 e. The van der Waals surface area contributed by atoms with Crippen molar-refractivity contribution in [2.75, 3.05) is 0 Å². The fourth-order valence-electron chi connectivity index (χ4n) is 2.17. The van der Waals surface area contributed by atoms with E-state index in [2.05, 4.69) is 0 Å². The topological polar surface area (TPSA) is 50.4 Å². The molecule has 0 unspecified atom stereocenters. The van der Waals surface area contributed by atoms with Crippen LogP contribution < -0.4 is 5.63 Å². The van der Waals surface area contributed by atoms with E-state index in [1.54, 1.807) is 18.2 Å². The quantitative estimate of drug-likeness (QED) is 0.713. The van der Waals surface area contributed by atoms with Gasteiger partial charge in [-0.1, -0.05) is 42.5 Å². The van der Waals surface area contributed by atoms with E-state index in [1.165, 1.54) is 0 Å². The zero-order valence-corrected chi connectivity index (χ0v) is 10.2. The average molecular weight is 252 g/mol. The summed E-state index contributed by atoms with van der Waals surface area (Å²) in [4.78, 5) is 12.1. The zero-order valence-electron chi connectivity index (χ0n) is 10.2. The first-order chi connectivity index (χ1) is 9.29. The molecule has 0 radical (unpaired) electrons. The minimum absolute atomic E-state index is 0.109. The molecule has 3 aromatic rings. The maximum atomic E-state index is 12.1. The van der Waals surface area contributed by atoms with Gasteiger partial charge in [-0.3, -0.25) is 0 Å². The normalized spacial score (nSPS) is 10.8. The summed E-state index contributed by atoms with van der Waals surface area (Å²) >= 11 is 0. The first-order valence-electron chi connectivity index (χ1n) is 6.01. The van der Waals surface area contributed by atoms with E-state index in [0.29, 0.717) is 22.3 Å². The Kier molecular flexibility index (Phi) is 2.89. The minimum atomic E-state index is -0.389. The van der Waals surface area contributed by atoms with Crippen molar-refractivity contribution in [3.8, 4) is 11.1 Å². The van der Waals surface area contributed by atoms with Crippen LogP contribution in [0.2, 0.25) is 0 Å². The highest BCUT2D eigenvalue weighted by Crippen LogP contribution is 2.24. The number of rotatable bonds is 2. The molecule has 1 aromatic heterocycles. The summed E-state index contributed by atoms with van der Waals surface area (Å²) < 4.78 is 5.31. The molecule has 0 saturated carbocycles. The maximum absolute atomic E-state index is 12.1. The molecule has 0 aliphatic carbocycles. The standard InChI is InChI=1S/C16H12O3/c17-10-12-6-1-3-7-13(12)14-9-11-5-2-4-8-15(11)19-16(14)18/h1-9,17H,10H2. The van der Waals surface area contributed by atoms with Crippen molar-refractivity contribution >= 4 is 11.0 Å². The van der Waals surface area contributed by atoms with E-state index in [4.69, 9.17) is 4.42 Å². The van der Waals surface area contributed by atoms with Crippen LogP contribution in [0.3, 0.4) is 0 Å². The van der Waals surface area contributed by atoms with Crippen LogP contribution in [-0.4, -0.2) is 5.11 Å². The van der Waals surface area contributed by atoms with Crippen molar-refractivity contribution in [1.29, 1.82) is 0 Å². The number of fused-ring (bicyclic) bond motifs is 1. The van der Waals surface area contributed by atoms with Crippen molar-refractivity contribution in [3.05, 3.63) is 70.6 Å². The Balaban J connectivity index is 2.30. The molecule has 0 saturated heterocycles. The molecular formula is C16H12O3. The highest BCUT2D eigenvalue weighted by molar-refractivity contribution is 5.82. The van der Waals surface area contributed by atoms with Crippen molar-refractivity contribution in [3.63, 3.8) is 0 Å². The lowest BCUT2D eigenvalue weighted by Crippen LogP contribution is -2.04. The molecule has 3 heteroatoms. The van der Waals surface area contributed by atoms with Crippen LogP contribution >= 0.6 is 0 Å². The number of para-hydroxylation sites is 1. The first-order valence-corrected chi connectivity index (χ1v) is 6.01. The highest BCUT2D eigenvalue weighted by Gasteiger charge is 2.10. The predicted molar refractivity (Wildman–Crippen MR) is 73.8 cm³/mol. The molecule has 1 heterocycles. The summed E-state index contributed by atoms with van der Waals surface area (Å²) in [5, 5.41) is 10.2. The Morgan fingerprint density at radius 1 is 0.947 bits per heavy atom. The van der Waals surface area contributed by atoms with E-state index in [9.17, 15) is 9.90 Å². The van der Waals surface area contributed by atoms with Gasteiger partial charge in [-0.15, -0.1) is 0 Å². The lowest BCUT2D eigenvalue weighted by molar-refractivity contribution is 0.282. The molecule has 3 rings (SSSR count). The Hall–Kier alpha value is -2.39. The summed E-state index contributed by atoms with van der Waals surface area (Å²) in [5.41, 5.74) is 2.08. The molecule has 94 valence electrons. The second kappa shape index (κ2) is 4.71. The molecule has 0 amide bonds. The highest BCUT2D eigenvalue weighted by atomic mass is 16.4. The molecule has 0 aliphatic rings. The van der Waals surface area contributed by atoms with Gasteiger partial charge in [0.1, 0.15) is 5.58 Å². The predicted octanol–water partition coefficient (Wildman–Crippen LogP) is 2.95. The van der Waals surface area contributed by atoms with Crippen LogP contribution in [0.25, 0.3) is 22.1 Å². The third-order valence-corrected chi connectivity index (χ3v) is 3.12. The molecule has 2 aromatic carbocycles. The van der Waals surface area contributed by atoms with Gasteiger partial charge >= 0.3 is 5.63 Å². The zero-order chi connectivity index (χ0) is 13.2. The fourth-order valence-corrected chi connectivity index (χ4v) is 2.17. The third kappa shape index (κ3) is 2.04. The van der Waals surface area contributed by atoms with Crippen LogP contribution in [0.15, 0.2) is 63.8 Å². The number of hydrogen-bond donors (Lipinski definition) is 1. The molecule has 1 N–H and O–H groups in total. The molecular weight excluding hydrogens is 240 g/mol. The first kappa shape index (κ1) is 11.7. The van der Waals surface area contributed by atoms with E-state index in [-0.39, 0.29) is 12.2 Å². The Bertz CT molecular complexity index is 787. The SMILES string of the molecule is O=c1oc2ccccc2cc1-c1ccccc1CO. The van der Waals surface area contributed by atoms with E-state index in [0.717, 1.165) is 5.39 Å². The fraction of sp³-hybridized carbons (Fsp3) is 0.0625. The van der Waals surface area contributed by atoms with E-state index >= 15 is 0 Å². The summed E-state index contributed by atoms with van der Waals surface area (Å²) in [6.07, 6.45) is 0. The average Bonchev–Trinajstić information content (AvgIpc) is 2.46.